The van der Waals surface area contributed by atoms with Gasteiger partial charge in [-0.3, -0.25) is 4.79 Å². The molecule has 0 bridgehead atoms. The maximum absolute atomic E-state index is 11.4. The lowest BCUT2D eigenvalue weighted by molar-refractivity contribution is -0.115. The minimum atomic E-state index is -0.516. The number of rotatable bonds is 4. The van der Waals surface area contributed by atoms with E-state index >= 15 is 0 Å². The highest BCUT2D eigenvalue weighted by atomic mass is 35.5. The number of nitrogens with zero attached hydrogens (tertiary/aromatic N) is 1. The molecule has 4 heteroatoms. The quantitative estimate of drug-likeness (QED) is 0.820. The summed E-state index contributed by atoms with van der Waals surface area (Å²) in [5.41, 5.74) is 1.95. The second kappa shape index (κ2) is 5.87. The van der Waals surface area contributed by atoms with Gasteiger partial charge in [0.2, 0.25) is 5.91 Å². The van der Waals surface area contributed by atoms with E-state index in [1.807, 2.05) is 38.4 Å². The minimum absolute atomic E-state index is 0.177. The summed E-state index contributed by atoms with van der Waals surface area (Å²) in [6.45, 7) is 2.50. The summed E-state index contributed by atoms with van der Waals surface area (Å²) >= 11 is 5.68. The largest absolute Gasteiger partial charge is 0.325 e. The van der Waals surface area contributed by atoms with Crippen molar-refractivity contribution in [2.75, 3.05) is 19.4 Å². The molecule has 0 saturated heterocycles. The van der Waals surface area contributed by atoms with Crippen LogP contribution in [0.3, 0.4) is 0 Å². The number of carbonyl (C=O) groups excluding carboxylic acids is 1. The van der Waals surface area contributed by atoms with Crippen molar-refractivity contribution in [1.82, 2.24) is 4.90 Å². The Labute approximate surface area is 101 Å². The number of nitrogens with one attached hydrogen (secondary N) is 1. The van der Waals surface area contributed by atoms with E-state index in [2.05, 4.69) is 10.2 Å². The van der Waals surface area contributed by atoms with E-state index in [0.29, 0.717) is 0 Å². The summed E-state index contributed by atoms with van der Waals surface area (Å²) in [7, 11) is 4.01. The molecule has 88 valence electrons. The first-order valence-electron chi connectivity index (χ1n) is 5.17. The third kappa shape index (κ3) is 4.21. The molecule has 1 atom stereocenters. The number of amides is 1. The predicted molar refractivity (Wildman–Crippen MR) is 67.8 cm³/mol. The van der Waals surface area contributed by atoms with Crippen LogP contribution >= 0.6 is 11.6 Å². The topological polar surface area (TPSA) is 32.3 Å². The van der Waals surface area contributed by atoms with Gasteiger partial charge in [0.05, 0.1) is 0 Å². The predicted octanol–water partition coefficient (Wildman–Crippen LogP) is 2.31. The van der Waals surface area contributed by atoms with Crippen molar-refractivity contribution >= 4 is 23.2 Å². The molecule has 0 heterocycles. The molecule has 16 heavy (non-hydrogen) atoms. The molecule has 0 radical (unpaired) electrons. The van der Waals surface area contributed by atoms with Crippen LogP contribution in [0.4, 0.5) is 5.69 Å². The van der Waals surface area contributed by atoms with Crippen molar-refractivity contribution in [3.8, 4) is 0 Å². The average molecular weight is 241 g/mol. The van der Waals surface area contributed by atoms with E-state index in [-0.39, 0.29) is 5.91 Å². The Hall–Kier alpha value is -1.06. The first-order chi connectivity index (χ1) is 7.49. The van der Waals surface area contributed by atoms with Crippen LogP contribution in [-0.4, -0.2) is 30.3 Å². The van der Waals surface area contributed by atoms with E-state index in [0.717, 1.165) is 17.8 Å². The van der Waals surface area contributed by atoms with Crippen LogP contribution in [0.2, 0.25) is 0 Å². The molecule has 0 aromatic heterocycles. The zero-order chi connectivity index (χ0) is 12.1. The zero-order valence-corrected chi connectivity index (χ0v) is 10.6. The minimum Gasteiger partial charge on any atom is -0.325 e. The van der Waals surface area contributed by atoms with Gasteiger partial charge in [-0.25, -0.2) is 0 Å². The highest BCUT2D eigenvalue weighted by Gasteiger charge is 2.09. The van der Waals surface area contributed by atoms with E-state index in [1.165, 1.54) is 0 Å². The van der Waals surface area contributed by atoms with Crippen LogP contribution < -0.4 is 5.32 Å². The molecule has 1 aromatic rings. The van der Waals surface area contributed by atoms with Crippen molar-refractivity contribution in [1.29, 1.82) is 0 Å². The number of halogens is 1. The summed E-state index contributed by atoms with van der Waals surface area (Å²) in [6.07, 6.45) is 0. The summed E-state index contributed by atoms with van der Waals surface area (Å²) < 4.78 is 0. The van der Waals surface area contributed by atoms with Gasteiger partial charge < -0.3 is 10.2 Å². The number of anilines is 1. The number of hydrogen-bond acceptors (Lipinski definition) is 2. The summed E-state index contributed by atoms with van der Waals surface area (Å²) in [4.78, 5) is 13.5. The Morgan fingerprint density at radius 3 is 2.75 bits per heavy atom. The molecule has 1 aromatic carbocycles. The van der Waals surface area contributed by atoms with Crippen LogP contribution in [0.25, 0.3) is 0 Å². The first-order valence-corrected chi connectivity index (χ1v) is 5.61. The number of hydrogen-bond donors (Lipinski definition) is 1. The fraction of sp³-hybridized carbons (Fsp3) is 0.417. The van der Waals surface area contributed by atoms with Gasteiger partial charge in [0.25, 0.3) is 0 Å². The van der Waals surface area contributed by atoms with Crippen molar-refractivity contribution in [3.63, 3.8) is 0 Å². The molecular weight excluding hydrogens is 224 g/mol. The Morgan fingerprint density at radius 2 is 2.19 bits per heavy atom. The van der Waals surface area contributed by atoms with Crippen LogP contribution in [0.5, 0.6) is 0 Å². The lowest BCUT2D eigenvalue weighted by atomic mass is 10.2. The lowest BCUT2D eigenvalue weighted by Crippen LogP contribution is -2.20. The fourth-order valence-corrected chi connectivity index (χ4v) is 1.41. The number of benzene rings is 1. The van der Waals surface area contributed by atoms with Crippen LogP contribution in [0, 0.1) is 0 Å². The van der Waals surface area contributed by atoms with Crippen LogP contribution in [0.15, 0.2) is 24.3 Å². The lowest BCUT2D eigenvalue weighted by Gasteiger charge is -2.11. The summed E-state index contributed by atoms with van der Waals surface area (Å²) in [5.74, 6) is -0.177. The maximum atomic E-state index is 11.4. The molecule has 0 aliphatic rings. The Bertz CT molecular complexity index is 364. The normalized spacial score (nSPS) is 12.6. The van der Waals surface area contributed by atoms with Crippen molar-refractivity contribution in [3.05, 3.63) is 29.8 Å². The van der Waals surface area contributed by atoms with Gasteiger partial charge in [-0.1, -0.05) is 12.1 Å². The molecule has 1 N–H and O–H groups in total. The molecule has 0 aliphatic heterocycles. The Morgan fingerprint density at radius 1 is 1.50 bits per heavy atom. The van der Waals surface area contributed by atoms with Crippen molar-refractivity contribution in [2.45, 2.75) is 18.8 Å². The van der Waals surface area contributed by atoms with Crippen LogP contribution in [-0.2, 0) is 11.3 Å². The number of carbonyl (C=O) groups is 1. The summed E-state index contributed by atoms with van der Waals surface area (Å²) in [6, 6.07) is 7.76. The SMILES string of the molecule is CC(Cl)C(=O)Nc1cccc(CN(C)C)c1. The molecule has 3 nitrogen and oxygen atoms in total. The molecule has 1 unspecified atom stereocenters. The van der Waals surface area contributed by atoms with Crippen molar-refractivity contribution < 1.29 is 4.79 Å². The highest BCUT2D eigenvalue weighted by Crippen LogP contribution is 2.12. The first kappa shape index (κ1) is 13.0. The zero-order valence-electron chi connectivity index (χ0n) is 9.83. The number of alkyl halides is 1. The van der Waals surface area contributed by atoms with Gasteiger partial charge in [-0.15, -0.1) is 11.6 Å². The molecule has 0 aliphatic carbocycles. The maximum Gasteiger partial charge on any atom is 0.242 e. The molecule has 1 amide bonds. The van der Waals surface area contributed by atoms with Gasteiger partial charge in [-0.05, 0) is 38.7 Å². The van der Waals surface area contributed by atoms with Gasteiger partial charge >= 0.3 is 0 Å². The van der Waals surface area contributed by atoms with E-state index in [9.17, 15) is 4.79 Å². The monoisotopic (exact) mass is 240 g/mol. The summed E-state index contributed by atoms with van der Waals surface area (Å²) in [5, 5.41) is 2.25. The smallest absolute Gasteiger partial charge is 0.242 e. The van der Waals surface area contributed by atoms with Gasteiger partial charge in [0.15, 0.2) is 0 Å². The highest BCUT2D eigenvalue weighted by molar-refractivity contribution is 6.32. The third-order valence-corrected chi connectivity index (χ3v) is 2.25. The molecule has 0 spiro atoms. The Kier molecular flexibility index (Phi) is 4.77. The van der Waals surface area contributed by atoms with Gasteiger partial charge in [-0.2, -0.15) is 0 Å². The second-order valence-corrected chi connectivity index (χ2v) is 4.70. The fourth-order valence-electron chi connectivity index (χ4n) is 1.35. The molecule has 1 rings (SSSR count). The van der Waals surface area contributed by atoms with E-state index in [4.69, 9.17) is 11.6 Å². The molecule has 0 saturated carbocycles. The van der Waals surface area contributed by atoms with E-state index < -0.39 is 5.38 Å². The third-order valence-electron chi connectivity index (χ3n) is 2.05. The molecular formula is C12H17ClN2O. The van der Waals surface area contributed by atoms with Gasteiger partial charge in [0, 0.05) is 12.2 Å². The van der Waals surface area contributed by atoms with Crippen LogP contribution in [0.1, 0.15) is 12.5 Å². The molecule has 0 fully saturated rings. The van der Waals surface area contributed by atoms with E-state index in [1.54, 1.807) is 6.92 Å². The van der Waals surface area contributed by atoms with Crippen molar-refractivity contribution in [2.24, 2.45) is 0 Å². The average Bonchev–Trinajstić information content (AvgIpc) is 2.16. The second-order valence-electron chi connectivity index (χ2n) is 4.04. The standard InChI is InChI=1S/C12H17ClN2O/c1-9(13)12(16)14-11-6-4-5-10(7-11)8-15(2)3/h4-7,9H,8H2,1-3H3,(H,14,16). The Balaban J connectivity index is 2.71. The van der Waals surface area contributed by atoms with Gasteiger partial charge in [0.1, 0.15) is 5.38 Å².